The first kappa shape index (κ1) is 11.4. The average Bonchev–Trinajstić information content (AvgIpc) is 2.02. The van der Waals surface area contributed by atoms with Gasteiger partial charge in [-0.2, -0.15) is 0 Å². The van der Waals surface area contributed by atoms with Crippen LogP contribution in [0.2, 0.25) is 0 Å². The fourth-order valence-corrected chi connectivity index (χ4v) is 0.878. The molecule has 2 atom stereocenters. The average molecular weight is 175 g/mol. The third kappa shape index (κ3) is 3.19. The summed E-state index contributed by atoms with van der Waals surface area (Å²) in [5, 5.41) is 18.1. The zero-order valence-electron chi connectivity index (χ0n) is 7.82. The van der Waals surface area contributed by atoms with E-state index in [4.69, 9.17) is 10.2 Å². The molecule has 1 amide bonds. The zero-order chi connectivity index (χ0) is 9.72. The van der Waals surface area contributed by atoms with Crippen molar-refractivity contribution in [3.63, 3.8) is 0 Å². The van der Waals surface area contributed by atoms with Crippen molar-refractivity contribution in [3.05, 3.63) is 0 Å². The van der Waals surface area contributed by atoms with Crippen LogP contribution in [0.5, 0.6) is 0 Å². The lowest BCUT2D eigenvalue weighted by molar-refractivity contribution is -0.144. The van der Waals surface area contributed by atoms with Crippen molar-refractivity contribution < 1.29 is 15.0 Å². The Bertz CT molecular complexity index is 147. The summed E-state index contributed by atoms with van der Waals surface area (Å²) >= 11 is 0. The van der Waals surface area contributed by atoms with Crippen LogP contribution in [0.25, 0.3) is 0 Å². The summed E-state index contributed by atoms with van der Waals surface area (Å²) in [6, 6.07) is 0. The number of amides is 1. The van der Waals surface area contributed by atoms with Crippen LogP contribution in [-0.4, -0.2) is 46.8 Å². The summed E-state index contributed by atoms with van der Waals surface area (Å²) in [4.78, 5) is 12.6. The van der Waals surface area contributed by atoms with Crippen LogP contribution in [0.15, 0.2) is 0 Å². The summed E-state index contributed by atoms with van der Waals surface area (Å²) in [6.07, 6.45) is -1.45. The van der Waals surface area contributed by atoms with Gasteiger partial charge in [0.25, 0.3) is 5.91 Å². The maximum absolute atomic E-state index is 11.2. The molecular formula is C8H17NO3. The van der Waals surface area contributed by atoms with E-state index in [2.05, 4.69) is 0 Å². The van der Waals surface area contributed by atoms with Crippen molar-refractivity contribution in [2.24, 2.45) is 0 Å². The Morgan fingerprint density at radius 2 is 2.00 bits per heavy atom. The van der Waals surface area contributed by atoms with Crippen LogP contribution >= 0.6 is 0 Å². The van der Waals surface area contributed by atoms with Crippen molar-refractivity contribution in [2.45, 2.75) is 32.5 Å². The smallest absolute Gasteiger partial charge is 0.253 e. The van der Waals surface area contributed by atoms with Gasteiger partial charge in [-0.15, -0.1) is 0 Å². The van der Waals surface area contributed by atoms with E-state index >= 15 is 0 Å². The maximum atomic E-state index is 11.2. The number of carbonyl (C=O) groups excluding carboxylic acids is 1. The Morgan fingerprint density at radius 1 is 1.50 bits per heavy atom. The molecular weight excluding hydrogens is 158 g/mol. The molecule has 0 radical (unpaired) electrons. The second kappa shape index (κ2) is 5.11. The van der Waals surface area contributed by atoms with Gasteiger partial charge in [-0.25, -0.2) is 0 Å². The number of hydrogen-bond acceptors (Lipinski definition) is 3. The largest absolute Gasteiger partial charge is 0.390 e. The molecule has 72 valence electrons. The third-order valence-electron chi connectivity index (χ3n) is 1.65. The number of aliphatic hydroxyl groups is 2. The van der Waals surface area contributed by atoms with Gasteiger partial charge in [0, 0.05) is 13.6 Å². The molecule has 0 saturated heterocycles. The molecule has 0 fully saturated rings. The lowest BCUT2D eigenvalue weighted by atomic mass is 10.2. The van der Waals surface area contributed by atoms with E-state index in [0.717, 1.165) is 6.42 Å². The minimum atomic E-state index is -1.29. The molecule has 4 nitrogen and oxygen atoms in total. The highest BCUT2D eigenvalue weighted by Gasteiger charge is 2.22. The van der Waals surface area contributed by atoms with Crippen molar-refractivity contribution in [2.75, 3.05) is 13.6 Å². The first-order valence-corrected chi connectivity index (χ1v) is 4.11. The van der Waals surface area contributed by atoms with Gasteiger partial charge >= 0.3 is 0 Å². The van der Waals surface area contributed by atoms with Gasteiger partial charge in [-0.1, -0.05) is 6.92 Å². The molecule has 0 spiro atoms. The van der Waals surface area contributed by atoms with Crippen molar-refractivity contribution in [1.29, 1.82) is 0 Å². The van der Waals surface area contributed by atoms with Crippen LogP contribution in [0.1, 0.15) is 20.3 Å². The van der Waals surface area contributed by atoms with Crippen LogP contribution in [0.4, 0.5) is 0 Å². The fourth-order valence-electron chi connectivity index (χ4n) is 0.878. The molecule has 0 heterocycles. The predicted molar refractivity (Wildman–Crippen MR) is 45.6 cm³/mol. The van der Waals surface area contributed by atoms with E-state index < -0.39 is 18.1 Å². The quantitative estimate of drug-likeness (QED) is 0.611. The minimum absolute atomic E-state index is 0.424. The van der Waals surface area contributed by atoms with Gasteiger partial charge in [0.15, 0.2) is 6.10 Å². The Hall–Kier alpha value is -0.610. The summed E-state index contributed by atoms with van der Waals surface area (Å²) < 4.78 is 0. The van der Waals surface area contributed by atoms with E-state index in [-0.39, 0.29) is 0 Å². The monoisotopic (exact) mass is 175 g/mol. The molecule has 0 aromatic heterocycles. The van der Waals surface area contributed by atoms with E-state index in [9.17, 15) is 4.79 Å². The van der Waals surface area contributed by atoms with Gasteiger partial charge in [-0.3, -0.25) is 4.79 Å². The number of nitrogens with zero attached hydrogens (tertiary/aromatic N) is 1. The van der Waals surface area contributed by atoms with E-state index in [1.165, 1.54) is 11.8 Å². The molecule has 0 aromatic rings. The standard InChI is InChI=1S/C8H17NO3/c1-4-5-9(3)8(12)7(11)6(2)10/h6-7,10-11H,4-5H2,1-3H3. The Kier molecular flexibility index (Phi) is 4.85. The van der Waals surface area contributed by atoms with Gasteiger partial charge in [0.05, 0.1) is 6.10 Å². The molecule has 0 rings (SSSR count). The van der Waals surface area contributed by atoms with Crippen molar-refractivity contribution >= 4 is 5.91 Å². The van der Waals surface area contributed by atoms with Gasteiger partial charge in [0.2, 0.25) is 0 Å². The Labute approximate surface area is 72.8 Å². The van der Waals surface area contributed by atoms with Crippen LogP contribution in [0.3, 0.4) is 0 Å². The Morgan fingerprint density at radius 3 is 2.33 bits per heavy atom. The lowest BCUT2D eigenvalue weighted by Crippen LogP contribution is -2.42. The summed E-state index contributed by atoms with van der Waals surface area (Å²) in [5.41, 5.74) is 0. The minimum Gasteiger partial charge on any atom is -0.390 e. The molecule has 0 aromatic carbocycles. The topological polar surface area (TPSA) is 60.8 Å². The number of likely N-dealkylation sites (N-methyl/N-ethyl adjacent to an activating group) is 1. The van der Waals surface area contributed by atoms with E-state index in [1.807, 2.05) is 6.92 Å². The van der Waals surface area contributed by atoms with Crippen molar-refractivity contribution in [1.82, 2.24) is 4.90 Å². The lowest BCUT2D eigenvalue weighted by Gasteiger charge is -2.21. The fraction of sp³-hybridized carbons (Fsp3) is 0.875. The first-order valence-electron chi connectivity index (χ1n) is 4.11. The highest BCUT2D eigenvalue weighted by Crippen LogP contribution is 1.98. The van der Waals surface area contributed by atoms with Crippen LogP contribution < -0.4 is 0 Å². The molecule has 0 bridgehead atoms. The molecule has 12 heavy (non-hydrogen) atoms. The molecule has 0 aliphatic carbocycles. The molecule has 4 heteroatoms. The normalized spacial score (nSPS) is 15.4. The second-order valence-corrected chi connectivity index (χ2v) is 2.95. The van der Waals surface area contributed by atoms with Gasteiger partial charge in [-0.05, 0) is 13.3 Å². The van der Waals surface area contributed by atoms with Crippen molar-refractivity contribution in [3.8, 4) is 0 Å². The van der Waals surface area contributed by atoms with Gasteiger partial charge < -0.3 is 15.1 Å². The number of aliphatic hydroxyl groups excluding tert-OH is 2. The SMILES string of the molecule is CCCN(C)C(=O)C(O)C(C)O. The van der Waals surface area contributed by atoms with Crippen LogP contribution in [-0.2, 0) is 4.79 Å². The molecule has 0 saturated carbocycles. The molecule has 0 aliphatic heterocycles. The van der Waals surface area contributed by atoms with Gasteiger partial charge in [0.1, 0.15) is 0 Å². The molecule has 2 unspecified atom stereocenters. The highest BCUT2D eigenvalue weighted by atomic mass is 16.3. The van der Waals surface area contributed by atoms with E-state index in [0.29, 0.717) is 6.54 Å². The maximum Gasteiger partial charge on any atom is 0.253 e. The highest BCUT2D eigenvalue weighted by molar-refractivity contribution is 5.80. The zero-order valence-corrected chi connectivity index (χ0v) is 7.82. The third-order valence-corrected chi connectivity index (χ3v) is 1.65. The Balaban J connectivity index is 4.00. The number of rotatable bonds is 4. The van der Waals surface area contributed by atoms with E-state index in [1.54, 1.807) is 7.05 Å². The summed E-state index contributed by atoms with van der Waals surface area (Å²) in [7, 11) is 1.61. The number of hydrogen-bond donors (Lipinski definition) is 2. The number of carbonyl (C=O) groups is 1. The molecule has 2 N–H and O–H groups in total. The predicted octanol–water partition coefficient (Wildman–Crippen LogP) is -0.403. The summed E-state index contributed by atoms with van der Waals surface area (Å²) in [6.45, 7) is 3.93. The summed E-state index contributed by atoms with van der Waals surface area (Å²) in [5.74, 6) is -0.424. The second-order valence-electron chi connectivity index (χ2n) is 2.95. The molecule has 0 aliphatic rings. The first-order chi connectivity index (χ1) is 5.50. The van der Waals surface area contributed by atoms with Crippen LogP contribution in [0, 0.1) is 0 Å².